The third-order valence-electron chi connectivity index (χ3n) is 2.40. The molecule has 15 heavy (non-hydrogen) atoms. The van der Waals surface area contributed by atoms with E-state index in [1.165, 1.54) is 0 Å². The SMILES string of the molecule is CCC(C)NC(C#N)c1cccc(O)c1. The van der Waals surface area contributed by atoms with Crippen molar-refractivity contribution in [1.82, 2.24) is 5.32 Å². The lowest BCUT2D eigenvalue weighted by molar-refractivity contribution is 0.469. The molecule has 0 aliphatic heterocycles. The number of phenols is 1. The van der Waals surface area contributed by atoms with Crippen LogP contribution in [0.25, 0.3) is 0 Å². The number of hydrogen-bond acceptors (Lipinski definition) is 3. The van der Waals surface area contributed by atoms with Gasteiger partial charge >= 0.3 is 0 Å². The summed E-state index contributed by atoms with van der Waals surface area (Å²) in [4.78, 5) is 0. The lowest BCUT2D eigenvalue weighted by Crippen LogP contribution is -2.29. The molecule has 0 saturated carbocycles. The number of nitrogens with one attached hydrogen (secondary N) is 1. The van der Waals surface area contributed by atoms with Crippen molar-refractivity contribution in [1.29, 1.82) is 5.26 Å². The second-order valence-corrected chi connectivity index (χ2v) is 3.63. The normalized spacial score (nSPS) is 14.2. The smallest absolute Gasteiger partial charge is 0.121 e. The standard InChI is InChI=1S/C12H16N2O/c1-3-9(2)14-12(8-13)10-5-4-6-11(15)7-10/h4-7,9,12,14-15H,3H2,1-2H3. The number of hydrogen-bond donors (Lipinski definition) is 2. The first kappa shape index (κ1) is 11.5. The summed E-state index contributed by atoms with van der Waals surface area (Å²) >= 11 is 0. The Morgan fingerprint density at radius 3 is 2.80 bits per heavy atom. The summed E-state index contributed by atoms with van der Waals surface area (Å²) in [6.45, 7) is 4.10. The van der Waals surface area contributed by atoms with E-state index in [2.05, 4.69) is 18.3 Å². The highest BCUT2D eigenvalue weighted by atomic mass is 16.3. The molecule has 3 heteroatoms. The monoisotopic (exact) mass is 204 g/mol. The average molecular weight is 204 g/mol. The molecule has 0 aliphatic rings. The Kier molecular flexibility index (Phi) is 4.14. The molecule has 80 valence electrons. The molecule has 0 fully saturated rings. The molecule has 0 saturated heterocycles. The van der Waals surface area contributed by atoms with Crippen molar-refractivity contribution >= 4 is 0 Å². The topological polar surface area (TPSA) is 56.0 Å². The van der Waals surface area contributed by atoms with E-state index < -0.39 is 0 Å². The largest absolute Gasteiger partial charge is 0.508 e. The predicted molar refractivity (Wildman–Crippen MR) is 59.3 cm³/mol. The average Bonchev–Trinajstić information content (AvgIpc) is 2.25. The Balaban J connectivity index is 2.80. The zero-order chi connectivity index (χ0) is 11.3. The maximum absolute atomic E-state index is 9.31. The van der Waals surface area contributed by atoms with E-state index in [-0.39, 0.29) is 17.8 Å². The second-order valence-electron chi connectivity index (χ2n) is 3.63. The fourth-order valence-electron chi connectivity index (χ4n) is 1.31. The van der Waals surface area contributed by atoms with Crippen molar-refractivity contribution in [2.45, 2.75) is 32.4 Å². The first-order valence-electron chi connectivity index (χ1n) is 5.12. The van der Waals surface area contributed by atoms with E-state index in [1.807, 2.05) is 13.0 Å². The summed E-state index contributed by atoms with van der Waals surface area (Å²) in [5.74, 6) is 0.193. The molecule has 0 bridgehead atoms. The Bertz CT molecular complexity index is 357. The summed E-state index contributed by atoms with van der Waals surface area (Å²) in [6, 6.07) is 8.92. The molecule has 0 aliphatic carbocycles. The molecule has 1 rings (SSSR count). The van der Waals surface area contributed by atoms with Gasteiger partial charge in [0.25, 0.3) is 0 Å². The molecular weight excluding hydrogens is 188 g/mol. The Morgan fingerprint density at radius 1 is 1.53 bits per heavy atom. The fraction of sp³-hybridized carbons (Fsp3) is 0.417. The molecule has 0 amide bonds. The highest BCUT2D eigenvalue weighted by Gasteiger charge is 2.12. The van der Waals surface area contributed by atoms with Crippen molar-refractivity contribution in [2.24, 2.45) is 0 Å². The predicted octanol–water partition coefficient (Wildman–Crippen LogP) is 2.34. The van der Waals surface area contributed by atoms with Crippen LogP contribution in [0, 0.1) is 11.3 Å². The van der Waals surface area contributed by atoms with E-state index >= 15 is 0 Å². The molecule has 0 aromatic heterocycles. The number of benzene rings is 1. The van der Waals surface area contributed by atoms with E-state index in [0.717, 1.165) is 12.0 Å². The van der Waals surface area contributed by atoms with Crippen LogP contribution in [-0.4, -0.2) is 11.1 Å². The number of nitrogens with zero attached hydrogens (tertiary/aromatic N) is 1. The van der Waals surface area contributed by atoms with Crippen molar-refractivity contribution in [2.75, 3.05) is 0 Å². The summed E-state index contributed by atoms with van der Waals surface area (Å²) in [7, 11) is 0. The molecule has 1 aromatic rings. The van der Waals surface area contributed by atoms with Crippen LogP contribution in [0.1, 0.15) is 31.9 Å². The van der Waals surface area contributed by atoms with Gasteiger partial charge in [0, 0.05) is 6.04 Å². The molecule has 0 spiro atoms. The van der Waals surface area contributed by atoms with Crippen LogP contribution >= 0.6 is 0 Å². The van der Waals surface area contributed by atoms with Crippen LogP contribution < -0.4 is 5.32 Å². The molecule has 0 radical (unpaired) electrons. The summed E-state index contributed by atoms with van der Waals surface area (Å²) in [6.07, 6.45) is 0.969. The molecule has 2 atom stereocenters. The minimum atomic E-state index is -0.355. The van der Waals surface area contributed by atoms with Gasteiger partial charge in [-0.05, 0) is 31.0 Å². The van der Waals surface area contributed by atoms with E-state index in [9.17, 15) is 5.11 Å². The lowest BCUT2D eigenvalue weighted by atomic mass is 10.1. The first-order valence-corrected chi connectivity index (χ1v) is 5.12. The van der Waals surface area contributed by atoms with Gasteiger partial charge in [-0.1, -0.05) is 19.1 Å². The zero-order valence-electron chi connectivity index (χ0n) is 9.07. The Labute approximate surface area is 90.4 Å². The van der Waals surface area contributed by atoms with Gasteiger partial charge in [0.15, 0.2) is 0 Å². The van der Waals surface area contributed by atoms with Crippen molar-refractivity contribution in [3.05, 3.63) is 29.8 Å². The van der Waals surface area contributed by atoms with Crippen LogP contribution in [0.15, 0.2) is 24.3 Å². The minimum absolute atomic E-state index is 0.193. The maximum Gasteiger partial charge on any atom is 0.121 e. The molecule has 1 aromatic carbocycles. The van der Waals surface area contributed by atoms with Crippen molar-refractivity contribution < 1.29 is 5.11 Å². The number of rotatable bonds is 4. The van der Waals surface area contributed by atoms with Crippen LogP contribution in [0.5, 0.6) is 5.75 Å². The highest BCUT2D eigenvalue weighted by molar-refractivity contribution is 5.32. The minimum Gasteiger partial charge on any atom is -0.508 e. The molecule has 2 N–H and O–H groups in total. The van der Waals surface area contributed by atoms with Crippen LogP contribution in [0.3, 0.4) is 0 Å². The van der Waals surface area contributed by atoms with Crippen LogP contribution in [0.2, 0.25) is 0 Å². The van der Waals surface area contributed by atoms with Gasteiger partial charge in [-0.25, -0.2) is 0 Å². The van der Waals surface area contributed by atoms with Gasteiger partial charge in [0.1, 0.15) is 11.8 Å². The summed E-state index contributed by atoms with van der Waals surface area (Å²) < 4.78 is 0. The maximum atomic E-state index is 9.31. The van der Waals surface area contributed by atoms with Gasteiger partial charge in [-0.15, -0.1) is 0 Å². The number of phenolic OH excluding ortho intramolecular Hbond substituents is 1. The Hall–Kier alpha value is -1.53. The Morgan fingerprint density at radius 2 is 2.27 bits per heavy atom. The van der Waals surface area contributed by atoms with Gasteiger partial charge in [-0.3, -0.25) is 5.32 Å². The number of nitriles is 1. The van der Waals surface area contributed by atoms with E-state index in [0.29, 0.717) is 0 Å². The van der Waals surface area contributed by atoms with E-state index in [4.69, 9.17) is 5.26 Å². The number of aromatic hydroxyl groups is 1. The van der Waals surface area contributed by atoms with Gasteiger partial charge in [0.2, 0.25) is 0 Å². The first-order chi connectivity index (χ1) is 7.17. The molecule has 3 nitrogen and oxygen atoms in total. The summed E-state index contributed by atoms with van der Waals surface area (Å²) in [5.41, 5.74) is 0.804. The van der Waals surface area contributed by atoms with Gasteiger partial charge in [0.05, 0.1) is 6.07 Å². The van der Waals surface area contributed by atoms with Crippen LogP contribution in [0.4, 0.5) is 0 Å². The second kappa shape index (κ2) is 5.38. The fourth-order valence-corrected chi connectivity index (χ4v) is 1.31. The van der Waals surface area contributed by atoms with Crippen LogP contribution in [-0.2, 0) is 0 Å². The van der Waals surface area contributed by atoms with Crippen molar-refractivity contribution in [3.8, 4) is 11.8 Å². The third-order valence-corrected chi connectivity index (χ3v) is 2.40. The molecule has 2 unspecified atom stereocenters. The lowest BCUT2D eigenvalue weighted by Gasteiger charge is -2.16. The quantitative estimate of drug-likeness (QED) is 0.791. The highest BCUT2D eigenvalue weighted by Crippen LogP contribution is 2.18. The van der Waals surface area contributed by atoms with E-state index in [1.54, 1.807) is 18.2 Å². The third kappa shape index (κ3) is 3.26. The van der Waals surface area contributed by atoms with Gasteiger partial charge < -0.3 is 5.11 Å². The summed E-state index contributed by atoms with van der Waals surface area (Å²) in [5, 5.41) is 21.5. The molecular formula is C12H16N2O. The molecule has 0 heterocycles. The van der Waals surface area contributed by atoms with Crippen molar-refractivity contribution in [3.63, 3.8) is 0 Å². The van der Waals surface area contributed by atoms with Gasteiger partial charge in [-0.2, -0.15) is 5.26 Å². The zero-order valence-corrected chi connectivity index (χ0v) is 9.07.